The summed E-state index contributed by atoms with van der Waals surface area (Å²) >= 11 is 6.85. The highest BCUT2D eigenvalue weighted by molar-refractivity contribution is 9.11. The molecule has 2 aliphatic rings. The minimum Gasteiger partial charge on any atom is -0.371 e. The molecule has 1 aromatic carbocycles. The van der Waals surface area contributed by atoms with Crippen LogP contribution in [-0.2, 0) is 4.74 Å². The van der Waals surface area contributed by atoms with E-state index in [1.54, 1.807) is 0 Å². The first kappa shape index (κ1) is 12.6. The number of likely N-dealkylation sites (tertiary alicyclic amines) is 1. The first-order valence-corrected chi connectivity index (χ1v) is 7.62. The Hall–Kier alpha value is -0.390. The molecule has 96 valence electrons. The van der Waals surface area contributed by atoms with Crippen molar-refractivity contribution in [1.82, 2.24) is 4.90 Å². The smallest absolute Gasteiger partial charge is 0.255 e. The van der Waals surface area contributed by atoms with E-state index in [1.807, 2.05) is 23.1 Å². The van der Waals surface area contributed by atoms with Crippen molar-refractivity contribution in [2.75, 3.05) is 13.1 Å². The summed E-state index contributed by atoms with van der Waals surface area (Å²) in [4.78, 5) is 14.4. The van der Waals surface area contributed by atoms with Crippen LogP contribution in [0.2, 0.25) is 0 Å². The lowest BCUT2D eigenvalue weighted by Crippen LogP contribution is -2.45. The maximum atomic E-state index is 12.5. The van der Waals surface area contributed by atoms with Gasteiger partial charge in [-0.3, -0.25) is 4.79 Å². The number of rotatable bonds is 1. The minimum atomic E-state index is 0.0922. The Balaban J connectivity index is 1.82. The first-order valence-electron chi connectivity index (χ1n) is 6.03. The molecule has 0 N–H and O–H groups in total. The third kappa shape index (κ3) is 2.36. The molecule has 0 aromatic heterocycles. The van der Waals surface area contributed by atoms with Gasteiger partial charge in [-0.1, -0.05) is 15.9 Å². The van der Waals surface area contributed by atoms with Gasteiger partial charge in [0, 0.05) is 22.0 Å². The molecule has 2 unspecified atom stereocenters. The van der Waals surface area contributed by atoms with E-state index in [9.17, 15) is 4.79 Å². The van der Waals surface area contributed by atoms with Crippen LogP contribution in [-0.4, -0.2) is 36.1 Å². The molecule has 2 atom stereocenters. The second-order valence-electron chi connectivity index (χ2n) is 4.79. The molecule has 1 aromatic rings. The predicted molar refractivity (Wildman–Crippen MR) is 75.6 cm³/mol. The van der Waals surface area contributed by atoms with Crippen molar-refractivity contribution in [3.63, 3.8) is 0 Å². The SMILES string of the molecule is O=C(c1ccc(Br)cc1Br)N1CC2CCC(C1)O2. The average Bonchev–Trinajstić information content (AvgIpc) is 2.67. The Morgan fingerprint density at radius 3 is 2.50 bits per heavy atom. The summed E-state index contributed by atoms with van der Waals surface area (Å²) < 4.78 is 7.55. The van der Waals surface area contributed by atoms with Crippen molar-refractivity contribution in [2.24, 2.45) is 0 Å². The van der Waals surface area contributed by atoms with Gasteiger partial charge in [-0.2, -0.15) is 0 Å². The summed E-state index contributed by atoms with van der Waals surface area (Å²) in [6.45, 7) is 1.44. The van der Waals surface area contributed by atoms with Crippen LogP contribution in [0.15, 0.2) is 27.1 Å². The Kier molecular flexibility index (Phi) is 3.47. The summed E-state index contributed by atoms with van der Waals surface area (Å²) in [5.41, 5.74) is 0.722. The highest BCUT2D eigenvalue weighted by Crippen LogP contribution is 2.29. The number of benzene rings is 1. The van der Waals surface area contributed by atoms with E-state index in [4.69, 9.17) is 4.74 Å². The Labute approximate surface area is 123 Å². The van der Waals surface area contributed by atoms with Gasteiger partial charge in [0.2, 0.25) is 0 Å². The van der Waals surface area contributed by atoms with Gasteiger partial charge >= 0.3 is 0 Å². The molecule has 3 nitrogen and oxygen atoms in total. The van der Waals surface area contributed by atoms with Crippen LogP contribution in [0.4, 0.5) is 0 Å². The molecule has 5 heteroatoms. The van der Waals surface area contributed by atoms with E-state index in [-0.39, 0.29) is 18.1 Å². The molecule has 0 radical (unpaired) electrons. The molecule has 2 aliphatic heterocycles. The van der Waals surface area contributed by atoms with Crippen molar-refractivity contribution >= 4 is 37.8 Å². The zero-order chi connectivity index (χ0) is 12.7. The van der Waals surface area contributed by atoms with Gasteiger partial charge < -0.3 is 9.64 Å². The van der Waals surface area contributed by atoms with Crippen LogP contribution in [0.5, 0.6) is 0 Å². The molecule has 2 heterocycles. The summed E-state index contributed by atoms with van der Waals surface area (Å²) in [5, 5.41) is 0. The van der Waals surface area contributed by atoms with Gasteiger partial charge in [0.15, 0.2) is 0 Å². The highest BCUT2D eigenvalue weighted by Gasteiger charge is 2.36. The van der Waals surface area contributed by atoms with Crippen molar-refractivity contribution in [3.8, 4) is 0 Å². The fourth-order valence-corrected chi connectivity index (χ4v) is 3.83. The first-order chi connectivity index (χ1) is 8.63. The molecular formula is C13H13Br2NO2. The number of nitrogens with zero attached hydrogens (tertiary/aromatic N) is 1. The lowest BCUT2D eigenvalue weighted by Gasteiger charge is -2.32. The molecule has 2 fully saturated rings. The third-order valence-corrected chi connectivity index (χ3v) is 4.64. The number of fused-ring (bicyclic) bond motifs is 2. The molecule has 1 amide bonds. The van der Waals surface area contributed by atoms with Gasteiger partial charge in [-0.05, 0) is 47.0 Å². The van der Waals surface area contributed by atoms with Crippen LogP contribution in [0.3, 0.4) is 0 Å². The van der Waals surface area contributed by atoms with Crippen LogP contribution >= 0.6 is 31.9 Å². The predicted octanol–water partition coefficient (Wildman–Crippen LogP) is 3.22. The number of ether oxygens (including phenoxy) is 1. The third-order valence-electron chi connectivity index (χ3n) is 3.49. The fourth-order valence-electron chi connectivity index (χ4n) is 2.61. The largest absolute Gasteiger partial charge is 0.371 e. The number of carbonyl (C=O) groups excluding carboxylic acids is 1. The standard InChI is InChI=1S/C13H13Br2NO2/c14-8-1-4-11(12(15)5-8)13(17)16-6-9-2-3-10(7-16)18-9/h1,4-5,9-10H,2-3,6-7H2. The van der Waals surface area contributed by atoms with E-state index in [1.165, 1.54) is 0 Å². The number of morpholine rings is 1. The van der Waals surface area contributed by atoms with Crippen LogP contribution < -0.4 is 0 Å². The molecule has 3 rings (SSSR count). The van der Waals surface area contributed by atoms with E-state index < -0.39 is 0 Å². The summed E-state index contributed by atoms with van der Waals surface area (Å²) in [6.07, 6.45) is 2.63. The number of amides is 1. The second kappa shape index (κ2) is 4.94. The summed E-state index contributed by atoms with van der Waals surface area (Å²) in [5.74, 6) is 0.0922. The topological polar surface area (TPSA) is 29.5 Å². The number of halogens is 2. The highest BCUT2D eigenvalue weighted by atomic mass is 79.9. The van der Waals surface area contributed by atoms with Crippen molar-refractivity contribution in [1.29, 1.82) is 0 Å². The van der Waals surface area contributed by atoms with E-state index in [0.717, 1.165) is 40.4 Å². The maximum Gasteiger partial charge on any atom is 0.255 e. The Morgan fingerprint density at radius 1 is 1.22 bits per heavy atom. The normalized spacial score (nSPS) is 26.4. The quantitative estimate of drug-likeness (QED) is 0.755. The van der Waals surface area contributed by atoms with E-state index in [2.05, 4.69) is 31.9 Å². The zero-order valence-corrected chi connectivity index (χ0v) is 12.9. The van der Waals surface area contributed by atoms with Gasteiger partial charge in [0.25, 0.3) is 5.91 Å². The average molecular weight is 375 g/mol. The van der Waals surface area contributed by atoms with Crippen molar-refractivity contribution in [3.05, 3.63) is 32.7 Å². The van der Waals surface area contributed by atoms with Crippen molar-refractivity contribution < 1.29 is 9.53 Å². The number of carbonyl (C=O) groups is 1. The molecule has 2 bridgehead atoms. The van der Waals surface area contributed by atoms with Gasteiger partial charge in [0.05, 0.1) is 17.8 Å². The van der Waals surface area contributed by atoms with Crippen molar-refractivity contribution in [2.45, 2.75) is 25.0 Å². The number of hydrogen-bond acceptors (Lipinski definition) is 2. The van der Waals surface area contributed by atoms with E-state index >= 15 is 0 Å². The van der Waals surface area contributed by atoms with Gasteiger partial charge in [0.1, 0.15) is 0 Å². The number of hydrogen-bond donors (Lipinski definition) is 0. The summed E-state index contributed by atoms with van der Waals surface area (Å²) in [6, 6.07) is 5.66. The fraction of sp³-hybridized carbons (Fsp3) is 0.462. The van der Waals surface area contributed by atoms with Crippen LogP contribution in [0, 0.1) is 0 Å². The molecule has 0 spiro atoms. The molecule has 18 heavy (non-hydrogen) atoms. The Morgan fingerprint density at radius 2 is 1.89 bits per heavy atom. The van der Waals surface area contributed by atoms with Crippen LogP contribution in [0.25, 0.3) is 0 Å². The molecule has 0 saturated carbocycles. The summed E-state index contributed by atoms with van der Waals surface area (Å²) in [7, 11) is 0. The zero-order valence-electron chi connectivity index (χ0n) is 9.73. The van der Waals surface area contributed by atoms with Gasteiger partial charge in [-0.15, -0.1) is 0 Å². The monoisotopic (exact) mass is 373 g/mol. The second-order valence-corrected chi connectivity index (χ2v) is 6.56. The van der Waals surface area contributed by atoms with Crippen LogP contribution in [0.1, 0.15) is 23.2 Å². The molecule has 0 aliphatic carbocycles. The van der Waals surface area contributed by atoms with E-state index in [0.29, 0.717) is 0 Å². The Bertz CT molecular complexity index is 480. The lowest BCUT2D eigenvalue weighted by molar-refractivity contribution is -0.0303. The maximum absolute atomic E-state index is 12.5. The molecular weight excluding hydrogens is 362 g/mol. The molecule has 2 saturated heterocycles. The minimum absolute atomic E-state index is 0.0922. The lowest BCUT2D eigenvalue weighted by atomic mass is 10.2. The van der Waals surface area contributed by atoms with Gasteiger partial charge in [-0.25, -0.2) is 0 Å².